The topological polar surface area (TPSA) is 488 Å². The minimum atomic E-state index is -1.52. The molecule has 5 aromatic rings. The Hall–Kier alpha value is -10.5. The lowest BCUT2D eigenvalue weighted by Gasteiger charge is -2.31. The Balaban J connectivity index is 1.35. The molecule has 6 rings (SSSR count). The molecule has 0 bridgehead atoms. The molecule has 0 saturated carbocycles. The lowest BCUT2D eigenvalue weighted by atomic mass is 9.99. The van der Waals surface area contributed by atoms with E-state index in [1.807, 2.05) is 38.1 Å². The number of likely N-dealkylation sites (tertiary alicyclic amines) is 1. The van der Waals surface area contributed by atoms with Crippen LogP contribution in [0.2, 0.25) is 10.0 Å². The second kappa shape index (κ2) is 50.8. The Labute approximate surface area is 696 Å². The van der Waals surface area contributed by atoms with Gasteiger partial charge in [-0.1, -0.05) is 144 Å². The molecule has 21 N–H and O–H groups in total. The monoisotopic (exact) mass is 1660 g/mol. The molecule has 1 fully saturated rings. The molecule has 0 unspecified atom stereocenters. The second-order valence-electron chi connectivity index (χ2n) is 30.3. The Morgan fingerprint density at radius 1 is 0.513 bits per heavy atom. The number of aromatic nitrogens is 1. The molecule has 0 spiro atoms. The zero-order valence-corrected chi connectivity index (χ0v) is 69.8. The van der Waals surface area contributed by atoms with Crippen molar-refractivity contribution in [3.05, 3.63) is 136 Å². The second-order valence-corrected chi connectivity index (χ2v) is 31.2. The number of aromatic amines is 1. The number of H-pyrrole nitrogens is 1. The first kappa shape index (κ1) is 95.3. The molecule has 31 nitrogen and oxygen atoms in total. The van der Waals surface area contributed by atoms with Crippen LogP contribution in [-0.4, -0.2) is 192 Å². The fraction of sp³-hybridized carbons (Fsp3) is 0.536. The fourth-order valence-corrected chi connectivity index (χ4v) is 13.9. The minimum absolute atomic E-state index is 0.00430. The number of benzene rings is 4. The number of nitrogens with one attached hydrogen (secondary N) is 12. The van der Waals surface area contributed by atoms with E-state index >= 15 is 24.0 Å². The maximum atomic E-state index is 15.5. The van der Waals surface area contributed by atoms with E-state index in [2.05, 4.69) is 82.3 Å². The number of nitrogens with two attached hydrogens (primary N) is 4. The van der Waals surface area contributed by atoms with Gasteiger partial charge in [0.2, 0.25) is 65.0 Å². The SMILES string of the molecule is CCCCCCN=C(NCCCCCC)NCCCC[C@@H](NC(=O)[C@H](Cc1ccc(O)cc1)NC(=O)[C@H](CCCN)NC(=O)[C@@H](Cc1c[nH]c2ccccc12)NC(=O)[C@@H](Cc1ccc(Cl)cc1)NC(=O)[C@@H](Cc1ccc(Cl)cc1)NC(C)=O)C(=O)N[C@@H](CC(C)C)C(=O)N[C@@H](CCCN=C(N)N)C(=O)N1CCC[C@H]1C(=O)N[C@H](C)C(N)=O. The van der Waals surface area contributed by atoms with Crippen LogP contribution in [0.1, 0.15) is 179 Å². The predicted molar refractivity (Wildman–Crippen MR) is 455 cm³/mol. The lowest BCUT2D eigenvalue weighted by Crippen LogP contribution is -2.61. The van der Waals surface area contributed by atoms with Crippen molar-refractivity contribution in [2.24, 2.45) is 38.8 Å². The summed E-state index contributed by atoms with van der Waals surface area (Å²) >= 11 is 12.5. The molecule has 4 aromatic carbocycles. The number of fused-ring (bicyclic) bond motifs is 1. The molecule has 10 atom stereocenters. The number of unbranched alkanes of at least 4 members (excludes halogenated alkanes) is 7. The molecule has 1 aliphatic heterocycles. The van der Waals surface area contributed by atoms with Gasteiger partial charge in [0.1, 0.15) is 66.2 Å². The Morgan fingerprint density at radius 2 is 0.966 bits per heavy atom. The summed E-state index contributed by atoms with van der Waals surface area (Å²) in [5.41, 5.74) is 25.9. The molecule has 33 heteroatoms. The number of phenols is 1. The first-order chi connectivity index (χ1) is 56.0. The number of nitrogens with zero attached hydrogens (tertiary/aromatic N) is 3. The summed E-state index contributed by atoms with van der Waals surface area (Å²) in [4.78, 5) is 173. The van der Waals surface area contributed by atoms with Gasteiger partial charge < -0.3 is 96.4 Å². The number of aliphatic imine (C=N–C) groups is 2. The zero-order chi connectivity index (χ0) is 85.3. The van der Waals surface area contributed by atoms with E-state index in [1.54, 1.807) is 66.9 Å². The van der Waals surface area contributed by atoms with E-state index in [0.29, 0.717) is 77.2 Å². The Morgan fingerprint density at radius 3 is 1.49 bits per heavy atom. The largest absolute Gasteiger partial charge is 0.508 e. The van der Waals surface area contributed by atoms with Gasteiger partial charge in [0.05, 0.1) is 0 Å². The summed E-state index contributed by atoms with van der Waals surface area (Å²) in [5, 5.41) is 44.3. The number of aromatic hydroxyl groups is 1. The van der Waals surface area contributed by atoms with Gasteiger partial charge >= 0.3 is 0 Å². The smallest absolute Gasteiger partial charge is 0.245 e. The summed E-state index contributed by atoms with van der Waals surface area (Å²) in [6.07, 6.45) is 11.3. The zero-order valence-electron chi connectivity index (χ0n) is 68.3. The van der Waals surface area contributed by atoms with Gasteiger partial charge in [0.25, 0.3) is 0 Å². The fourth-order valence-electron chi connectivity index (χ4n) is 13.6. The third kappa shape index (κ3) is 33.9. The number of phenolic OH excluding ortho intramolecular Hbond substituents is 1. The van der Waals surface area contributed by atoms with E-state index in [4.69, 9.17) is 51.1 Å². The van der Waals surface area contributed by atoms with Gasteiger partial charge in [-0.15, -0.1) is 0 Å². The molecule has 11 amide bonds. The molecule has 1 aliphatic rings. The van der Waals surface area contributed by atoms with Gasteiger partial charge in [-0.05, 0) is 161 Å². The van der Waals surface area contributed by atoms with Crippen LogP contribution in [-0.2, 0) is 78.4 Å². The van der Waals surface area contributed by atoms with Gasteiger partial charge in [0, 0.05) is 92.5 Å². The van der Waals surface area contributed by atoms with Gasteiger partial charge in [-0.25, -0.2) is 0 Å². The number of guanidine groups is 2. The highest BCUT2D eigenvalue weighted by Crippen LogP contribution is 2.24. The number of carbonyl (C=O) groups excluding carboxylic acids is 11. The number of para-hydroxylation sites is 1. The number of hydrogen-bond donors (Lipinski definition) is 17. The molecular formula is C84H123Cl2N19O12. The van der Waals surface area contributed by atoms with Crippen molar-refractivity contribution in [1.29, 1.82) is 0 Å². The number of hydrogen-bond acceptors (Lipinski definition) is 15. The molecule has 0 aliphatic carbocycles. The standard InChI is InChI=1S/C84H123Cl2N19O12/c1-7-9-11-16-41-92-84(93-42-17-12-10-8-2)94-43-18-15-24-64(74(109)101-67(46-52(3)4)76(111)100-66(26-20-44-91-83(89)90)82(117)105-45-21-27-72(105)81(116)96-53(5)73(88)108)98-78(113)69(49-57-32-38-61(107)39-33-57)102-75(110)65(25-19-40-87)99-80(115)71(50-58-51-95-63-23-14-13-22-62(58)63)104-79(114)70(48-56-30-36-60(86)37-31-56)103-77(112)68(97-54(6)106)47-55-28-34-59(85)35-29-55/h13-14,22-23,28-39,51-53,64-72,95,107H,7-12,15-21,24-27,40-50,87H2,1-6H3,(H2,88,108)(H,96,116)(H,97,106)(H,98,113)(H,99,115)(H,100,111)(H,101,109)(H,102,110)(H,103,112)(H,104,114)(H4,89,90,91)(H2,92,93,94)/t53-,64-,65+,66+,67+,68-,69+,70-,71-,72+/m1/s1. The summed E-state index contributed by atoms with van der Waals surface area (Å²) in [5.74, 6) is -8.05. The molecular weight excluding hydrogens is 1540 g/mol. The van der Waals surface area contributed by atoms with Gasteiger partial charge in [0.15, 0.2) is 11.9 Å². The molecule has 1 aromatic heterocycles. The van der Waals surface area contributed by atoms with Crippen LogP contribution in [0, 0.1) is 5.92 Å². The van der Waals surface area contributed by atoms with Crippen LogP contribution in [0.4, 0.5) is 0 Å². The number of carbonyl (C=O) groups is 11. The van der Waals surface area contributed by atoms with Crippen molar-refractivity contribution in [3.8, 4) is 5.75 Å². The Bertz CT molecular complexity index is 4090. The van der Waals surface area contributed by atoms with Crippen molar-refractivity contribution in [2.45, 2.75) is 243 Å². The van der Waals surface area contributed by atoms with Crippen molar-refractivity contribution in [1.82, 2.24) is 68.4 Å². The van der Waals surface area contributed by atoms with Crippen LogP contribution in [0.5, 0.6) is 5.75 Å². The average Bonchev–Trinajstić information content (AvgIpc) is 1.71. The number of rotatable bonds is 51. The van der Waals surface area contributed by atoms with E-state index in [0.717, 1.165) is 62.3 Å². The van der Waals surface area contributed by atoms with Crippen LogP contribution < -0.4 is 81.4 Å². The maximum absolute atomic E-state index is 15.5. The average molecular weight is 1660 g/mol. The summed E-state index contributed by atoms with van der Waals surface area (Å²) in [7, 11) is 0. The third-order valence-electron chi connectivity index (χ3n) is 20.1. The lowest BCUT2D eigenvalue weighted by molar-refractivity contribution is -0.142. The van der Waals surface area contributed by atoms with Crippen molar-refractivity contribution >= 4 is 111 Å². The predicted octanol–water partition coefficient (Wildman–Crippen LogP) is 5.03. The highest BCUT2D eigenvalue weighted by atomic mass is 35.5. The third-order valence-corrected chi connectivity index (χ3v) is 20.6. The number of primary amides is 1. The number of amides is 11. The van der Waals surface area contributed by atoms with E-state index in [-0.39, 0.29) is 108 Å². The van der Waals surface area contributed by atoms with Gasteiger partial charge in [-0.2, -0.15) is 0 Å². The van der Waals surface area contributed by atoms with Crippen LogP contribution in [0.3, 0.4) is 0 Å². The van der Waals surface area contributed by atoms with Crippen molar-refractivity contribution < 1.29 is 57.8 Å². The molecule has 117 heavy (non-hydrogen) atoms. The highest BCUT2D eigenvalue weighted by Gasteiger charge is 2.41. The van der Waals surface area contributed by atoms with E-state index in [9.17, 15) is 33.9 Å². The number of halogens is 2. The molecule has 2 heterocycles. The maximum Gasteiger partial charge on any atom is 0.245 e. The first-order valence-corrected chi connectivity index (χ1v) is 41.7. The van der Waals surface area contributed by atoms with Gasteiger partial charge in [-0.3, -0.25) is 62.7 Å². The first-order valence-electron chi connectivity index (χ1n) is 41.0. The van der Waals surface area contributed by atoms with E-state index in [1.165, 1.54) is 30.9 Å². The van der Waals surface area contributed by atoms with Crippen LogP contribution >= 0.6 is 23.2 Å². The quantitative estimate of drug-likeness (QED) is 0.0138. The van der Waals surface area contributed by atoms with Crippen molar-refractivity contribution in [2.75, 3.05) is 39.3 Å². The molecule has 640 valence electrons. The molecule has 0 radical (unpaired) electrons. The van der Waals surface area contributed by atoms with Crippen LogP contribution in [0.15, 0.2) is 113 Å². The minimum Gasteiger partial charge on any atom is -0.508 e. The van der Waals surface area contributed by atoms with E-state index < -0.39 is 125 Å². The van der Waals surface area contributed by atoms with Crippen molar-refractivity contribution in [3.63, 3.8) is 0 Å². The normalized spacial score (nSPS) is 15.0. The molecule has 1 saturated heterocycles. The summed E-state index contributed by atoms with van der Waals surface area (Å²) in [6, 6.07) is 13.4. The van der Waals surface area contributed by atoms with Crippen LogP contribution in [0.25, 0.3) is 10.9 Å². The Kier molecular flexibility index (Phi) is 41.4. The summed E-state index contributed by atoms with van der Waals surface area (Å²) < 4.78 is 0. The summed E-state index contributed by atoms with van der Waals surface area (Å²) in [6.45, 7) is 12.6. The highest BCUT2D eigenvalue weighted by molar-refractivity contribution is 6.30.